The van der Waals surface area contributed by atoms with E-state index < -0.39 is 0 Å². The Morgan fingerprint density at radius 2 is 2.29 bits per heavy atom. The number of nitrogens with one attached hydrogen (secondary N) is 2. The van der Waals surface area contributed by atoms with Crippen molar-refractivity contribution < 1.29 is 5.11 Å². The summed E-state index contributed by atoms with van der Waals surface area (Å²) < 4.78 is 0. The largest absolute Gasteiger partial charge is 0.394 e. The van der Waals surface area contributed by atoms with E-state index in [0.29, 0.717) is 0 Å². The van der Waals surface area contributed by atoms with Gasteiger partial charge in [-0.05, 0) is 27.7 Å². The van der Waals surface area contributed by atoms with Crippen LogP contribution in [0.1, 0.15) is 38.1 Å². The third kappa shape index (κ3) is 2.56. The molecular formula is C10H19N3O. The Kier molecular flexibility index (Phi) is 3.29. The van der Waals surface area contributed by atoms with Crippen LogP contribution >= 0.6 is 0 Å². The summed E-state index contributed by atoms with van der Waals surface area (Å²) in [7, 11) is 0. The maximum atomic E-state index is 9.12. The molecule has 1 atom stereocenters. The molecule has 0 bridgehead atoms. The number of aromatic amines is 1. The van der Waals surface area contributed by atoms with Crippen molar-refractivity contribution in [3.05, 3.63) is 17.5 Å². The lowest BCUT2D eigenvalue weighted by molar-refractivity contribution is 0.177. The van der Waals surface area contributed by atoms with E-state index in [-0.39, 0.29) is 18.2 Å². The van der Waals surface area contributed by atoms with Crippen LogP contribution in [0, 0.1) is 6.92 Å². The Morgan fingerprint density at radius 3 is 2.71 bits per heavy atom. The maximum absolute atomic E-state index is 9.12. The van der Waals surface area contributed by atoms with Crippen LogP contribution in [0.3, 0.4) is 0 Å². The fourth-order valence-electron chi connectivity index (χ4n) is 1.51. The molecule has 1 rings (SSSR count). The van der Waals surface area contributed by atoms with Gasteiger partial charge in [-0.3, -0.25) is 5.10 Å². The maximum Gasteiger partial charge on any atom is 0.0608 e. The molecule has 0 fully saturated rings. The summed E-state index contributed by atoms with van der Waals surface area (Å²) in [4.78, 5) is 0. The van der Waals surface area contributed by atoms with Crippen LogP contribution in [0.15, 0.2) is 6.20 Å². The lowest BCUT2D eigenvalue weighted by atomic mass is 10.0. The van der Waals surface area contributed by atoms with Gasteiger partial charge in [0.1, 0.15) is 0 Å². The minimum atomic E-state index is -0.261. The molecule has 4 nitrogen and oxygen atoms in total. The number of aliphatic hydroxyl groups is 1. The summed E-state index contributed by atoms with van der Waals surface area (Å²) in [6, 6.07) is 0.191. The van der Waals surface area contributed by atoms with Crippen LogP contribution in [0.4, 0.5) is 0 Å². The van der Waals surface area contributed by atoms with Gasteiger partial charge >= 0.3 is 0 Å². The molecule has 0 aliphatic carbocycles. The fraction of sp³-hybridized carbons (Fsp3) is 0.700. The smallest absolute Gasteiger partial charge is 0.0608 e. The topological polar surface area (TPSA) is 60.9 Å². The van der Waals surface area contributed by atoms with Gasteiger partial charge in [0, 0.05) is 22.8 Å². The van der Waals surface area contributed by atoms with E-state index in [1.54, 1.807) is 0 Å². The van der Waals surface area contributed by atoms with Crippen LogP contribution in [-0.2, 0) is 0 Å². The number of aliphatic hydroxyl groups excluding tert-OH is 1. The average molecular weight is 197 g/mol. The van der Waals surface area contributed by atoms with Gasteiger partial charge in [-0.1, -0.05) is 0 Å². The van der Waals surface area contributed by atoms with Crippen molar-refractivity contribution in [2.45, 2.75) is 39.3 Å². The van der Waals surface area contributed by atoms with Gasteiger partial charge in [-0.25, -0.2) is 0 Å². The molecule has 80 valence electrons. The normalized spacial score (nSPS) is 14.4. The van der Waals surface area contributed by atoms with Gasteiger partial charge in [0.15, 0.2) is 0 Å². The Labute approximate surface area is 84.7 Å². The summed E-state index contributed by atoms with van der Waals surface area (Å²) >= 11 is 0. The lowest BCUT2D eigenvalue weighted by Gasteiger charge is -2.28. The molecule has 4 heteroatoms. The van der Waals surface area contributed by atoms with Crippen molar-refractivity contribution in [1.82, 2.24) is 15.5 Å². The molecule has 0 aliphatic rings. The van der Waals surface area contributed by atoms with Gasteiger partial charge in [-0.2, -0.15) is 5.10 Å². The highest BCUT2D eigenvalue weighted by Crippen LogP contribution is 2.17. The molecule has 0 spiro atoms. The van der Waals surface area contributed by atoms with Crippen LogP contribution in [0.25, 0.3) is 0 Å². The van der Waals surface area contributed by atoms with E-state index in [9.17, 15) is 0 Å². The first-order chi connectivity index (χ1) is 6.46. The fourth-order valence-corrected chi connectivity index (χ4v) is 1.51. The Balaban J connectivity index is 2.68. The third-order valence-electron chi connectivity index (χ3n) is 2.34. The SMILES string of the molecule is Cc1[nH]ncc1C(C)NC(C)(C)CO. The minimum Gasteiger partial charge on any atom is -0.394 e. The zero-order chi connectivity index (χ0) is 10.8. The minimum absolute atomic E-state index is 0.119. The molecule has 14 heavy (non-hydrogen) atoms. The van der Waals surface area contributed by atoms with E-state index in [0.717, 1.165) is 11.3 Å². The van der Waals surface area contributed by atoms with Crippen molar-refractivity contribution in [2.24, 2.45) is 0 Å². The number of aryl methyl sites for hydroxylation is 1. The number of aromatic nitrogens is 2. The Bertz CT molecular complexity index is 293. The molecule has 0 aliphatic heterocycles. The van der Waals surface area contributed by atoms with Gasteiger partial charge in [0.25, 0.3) is 0 Å². The van der Waals surface area contributed by atoms with E-state index in [1.807, 2.05) is 27.0 Å². The van der Waals surface area contributed by atoms with Crippen molar-refractivity contribution in [3.63, 3.8) is 0 Å². The Morgan fingerprint density at radius 1 is 1.64 bits per heavy atom. The molecule has 0 radical (unpaired) electrons. The van der Waals surface area contributed by atoms with Crippen molar-refractivity contribution in [3.8, 4) is 0 Å². The molecular weight excluding hydrogens is 178 g/mol. The third-order valence-corrected chi connectivity index (χ3v) is 2.34. The summed E-state index contributed by atoms with van der Waals surface area (Å²) in [5, 5.41) is 19.3. The van der Waals surface area contributed by atoms with Crippen LogP contribution in [-0.4, -0.2) is 27.4 Å². The first kappa shape index (κ1) is 11.2. The second-order valence-corrected chi connectivity index (χ2v) is 4.36. The van der Waals surface area contributed by atoms with Gasteiger partial charge < -0.3 is 10.4 Å². The van der Waals surface area contributed by atoms with Gasteiger partial charge in [-0.15, -0.1) is 0 Å². The number of rotatable bonds is 4. The molecule has 0 saturated heterocycles. The summed E-state index contributed by atoms with van der Waals surface area (Å²) in [6.07, 6.45) is 1.82. The molecule has 3 N–H and O–H groups in total. The first-order valence-electron chi connectivity index (χ1n) is 4.84. The quantitative estimate of drug-likeness (QED) is 0.678. The predicted molar refractivity (Wildman–Crippen MR) is 56.0 cm³/mol. The molecule has 1 heterocycles. The molecule has 1 aromatic rings. The van der Waals surface area contributed by atoms with Crippen LogP contribution < -0.4 is 5.32 Å². The molecule has 1 aromatic heterocycles. The lowest BCUT2D eigenvalue weighted by Crippen LogP contribution is -2.44. The van der Waals surface area contributed by atoms with Crippen LogP contribution in [0.2, 0.25) is 0 Å². The summed E-state index contributed by atoms with van der Waals surface area (Å²) in [6.45, 7) is 8.12. The average Bonchev–Trinajstić information content (AvgIpc) is 2.51. The van der Waals surface area contributed by atoms with Gasteiger partial charge in [0.2, 0.25) is 0 Å². The highest BCUT2D eigenvalue weighted by atomic mass is 16.3. The van der Waals surface area contributed by atoms with Crippen molar-refractivity contribution >= 4 is 0 Å². The number of hydrogen-bond acceptors (Lipinski definition) is 3. The molecule has 1 unspecified atom stereocenters. The van der Waals surface area contributed by atoms with E-state index >= 15 is 0 Å². The van der Waals surface area contributed by atoms with E-state index in [2.05, 4.69) is 22.4 Å². The van der Waals surface area contributed by atoms with Gasteiger partial charge in [0.05, 0.1) is 12.8 Å². The highest BCUT2D eigenvalue weighted by Gasteiger charge is 2.20. The van der Waals surface area contributed by atoms with E-state index in [1.165, 1.54) is 0 Å². The molecule has 0 amide bonds. The standard InChI is InChI=1S/C10H19N3O/c1-7(12-10(3,4)6-14)9-5-11-13-8(9)2/h5,7,12,14H,6H2,1-4H3,(H,11,13). The zero-order valence-electron chi connectivity index (χ0n) is 9.26. The molecule has 0 aromatic carbocycles. The van der Waals surface area contributed by atoms with Crippen molar-refractivity contribution in [1.29, 1.82) is 0 Å². The number of H-pyrrole nitrogens is 1. The first-order valence-corrected chi connectivity index (χ1v) is 4.84. The number of hydrogen-bond donors (Lipinski definition) is 3. The zero-order valence-corrected chi connectivity index (χ0v) is 9.26. The van der Waals surface area contributed by atoms with Crippen molar-refractivity contribution in [2.75, 3.05) is 6.61 Å². The number of nitrogens with zero attached hydrogens (tertiary/aromatic N) is 1. The highest BCUT2D eigenvalue weighted by molar-refractivity contribution is 5.18. The second-order valence-electron chi connectivity index (χ2n) is 4.36. The predicted octanol–water partition coefficient (Wildman–Crippen LogP) is 1.14. The molecule has 0 saturated carbocycles. The monoisotopic (exact) mass is 197 g/mol. The summed E-state index contributed by atoms with van der Waals surface area (Å²) in [5.74, 6) is 0. The Hall–Kier alpha value is -0.870. The summed E-state index contributed by atoms with van der Waals surface area (Å²) in [5.41, 5.74) is 1.95. The van der Waals surface area contributed by atoms with E-state index in [4.69, 9.17) is 5.11 Å². The van der Waals surface area contributed by atoms with Crippen LogP contribution in [0.5, 0.6) is 0 Å². The second kappa shape index (κ2) is 4.11.